The SMILES string of the molecule is COc1ccc(Cn2c(=O)c(CNCc3cccnc3)cc3cc4c(cc32)CCC4)cc1. The van der Waals surface area contributed by atoms with E-state index in [1.807, 2.05) is 47.2 Å². The third-order valence-corrected chi connectivity index (χ3v) is 6.25. The first kappa shape index (κ1) is 20.5. The molecule has 0 fully saturated rings. The molecule has 32 heavy (non-hydrogen) atoms. The van der Waals surface area contributed by atoms with E-state index < -0.39 is 0 Å². The summed E-state index contributed by atoms with van der Waals surface area (Å²) < 4.78 is 7.21. The molecular weight excluding hydrogens is 398 g/mol. The Morgan fingerprint density at radius 2 is 1.81 bits per heavy atom. The summed E-state index contributed by atoms with van der Waals surface area (Å²) in [7, 11) is 1.66. The highest BCUT2D eigenvalue weighted by Crippen LogP contribution is 2.28. The molecule has 162 valence electrons. The fourth-order valence-electron chi connectivity index (χ4n) is 4.55. The predicted octanol–water partition coefficient (Wildman–Crippen LogP) is 4.23. The molecule has 2 heterocycles. The van der Waals surface area contributed by atoms with E-state index in [1.54, 1.807) is 13.3 Å². The topological polar surface area (TPSA) is 56.1 Å². The third-order valence-electron chi connectivity index (χ3n) is 6.25. The van der Waals surface area contributed by atoms with Gasteiger partial charge in [0.1, 0.15) is 5.75 Å². The molecule has 1 aliphatic carbocycles. The Hall–Kier alpha value is -3.44. The van der Waals surface area contributed by atoms with E-state index in [-0.39, 0.29) is 5.56 Å². The Morgan fingerprint density at radius 3 is 2.56 bits per heavy atom. The van der Waals surface area contributed by atoms with Crippen LogP contribution in [0.1, 0.15) is 34.2 Å². The standard InChI is InChI=1S/C27H27N3O2/c1-32-25-9-7-19(8-10-25)18-30-26-14-22-6-2-5-21(22)12-23(26)13-24(27(30)31)17-29-16-20-4-3-11-28-15-20/h3-4,7-15,29H,2,5-6,16-18H2,1H3. The molecule has 5 rings (SSSR count). The van der Waals surface area contributed by atoms with Gasteiger partial charge in [-0.15, -0.1) is 0 Å². The van der Waals surface area contributed by atoms with Gasteiger partial charge in [0.05, 0.1) is 19.2 Å². The first-order valence-electron chi connectivity index (χ1n) is 11.1. The Morgan fingerprint density at radius 1 is 1.00 bits per heavy atom. The van der Waals surface area contributed by atoms with Crippen molar-refractivity contribution >= 4 is 10.9 Å². The maximum Gasteiger partial charge on any atom is 0.255 e. The van der Waals surface area contributed by atoms with Crippen molar-refractivity contribution in [3.05, 3.63) is 105 Å². The number of nitrogens with one attached hydrogen (secondary N) is 1. The Labute approximate surface area is 187 Å². The summed E-state index contributed by atoms with van der Waals surface area (Å²) in [6.45, 7) is 1.73. The van der Waals surface area contributed by atoms with E-state index in [0.29, 0.717) is 19.6 Å². The summed E-state index contributed by atoms with van der Waals surface area (Å²) in [5.74, 6) is 0.817. The number of hydrogen-bond donors (Lipinski definition) is 1. The average molecular weight is 426 g/mol. The van der Waals surface area contributed by atoms with E-state index in [4.69, 9.17) is 4.74 Å². The van der Waals surface area contributed by atoms with Crippen molar-refractivity contribution in [1.29, 1.82) is 0 Å². The number of aromatic nitrogens is 2. The number of fused-ring (bicyclic) bond motifs is 2. The summed E-state index contributed by atoms with van der Waals surface area (Å²) in [5, 5.41) is 4.55. The zero-order valence-electron chi connectivity index (χ0n) is 18.3. The van der Waals surface area contributed by atoms with E-state index in [9.17, 15) is 4.79 Å². The quantitative estimate of drug-likeness (QED) is 0.481. The Kier molecular flexibility index (Phi) is 5.73. The van der Waals surface area contributed by atoms with Crippen LogP contribution in [0.4, 0.5) is 0 Å². The molecule has 0 spiro atoms. The van der Waals surface area contributed by atoms with Gasteiger partial charge in [-0.25, -0.2) is 0 Å². The van der Waals surface area contributed by atoms with Crippen LogP contribution in [0.5, 0.6) is 5.75 Å². The van der Waals surface area contributed by atoms with Crippen molar-refractivity contribution in [2.24, 2.45) is 0 Å². The predicted molar refractivity (Wildman–Crippen MR) is 127 cm³/mol. The average Bonchev–Trinajstić information content (AvgIpc) is 3.29. The molecular formula is C27H27N3O2. The van der Waals surface area contributed by atoms with E-state index in [0.717, 1.165) is 46.2 Å². The van der Waals surface area contributed by atoms with Crippen molar-refractivity contribution in [2.75, 3.05) is 7.11 Å². The van der Waals surface area contributed by atoms with Crippen LogP contribution in [-0.2, 0) is 32.5 Å². The maximum atomic E-state index is 13.5. The summed E-state index contributed by atoms with van der Waals surface area (Å²) >= 11 is 0. The minimum absolute atomic E-state index is 0.0601. The smallest absolute Gasteiger partial charge is 0.255 e. The minimum Gasteiger partial charge on any atom is -0.497 e. The lowest BCUT2D eigenvalue weighted by atomic mass is 10.0. The number of nitrogens with zero attached hydrogens (tertiary/aromatic N) is 2. The number of pyridine rings is 2. The third kappa shape index (κ3) is 4.16. The van der Waals surface area contributed by atoms with Crippen molar-refractivity contribution in [3.63, 3.8) is 0 Å². The highest BCUT2D eigenvalue weighted by molar-refractivity contribution is 5.82. The van der Waals surface area contributed by atoms with Crippen LogP contribution in [0.3, 0.4) is 0 Å². The fourth-order valence-corrected chi connectivity index (χ4v) is 4.55. The summed E-state index contributed by atoms with van der Waals surface area (Å²) in [4.78, 5) is 17.7. The first-order valence-corrected chi connectivity index (χ1v) is 11.1. The highest BCUT2D eigenvalue weighted by Gasteiger charge is 2.16. The molecule has 0 saturated carbocycles. The van der Waals surface area contributed by atoms with Crippen LogP contribution >= 0.6 is 0 Å². The molecule has 0 atom stereocenters. The van der Waals surface area contributed by atoms with Crippen LogP contribution < -0.4 is 15.6 Å². The van der Waals surface area contributed by atoms with Gasteiger partial charge in [0.15, 0.2) is 0 Å². The number of ether oxygens (including phenoxy) is 1. The van der Waals surface area contributed by atoms with E-state index >= 15 is 0 Å². The molecule has 0 bridgehead atoms. The van der Waals surface area contributed by atoms with Gasteiger partial charge in [0.25, 0.3) is 5.56 Å². The molecule has 2 aromatic heterocycles. The summed E-state index contributed by atoms with van der Waals surface area (Å²) in [6, 6.07) is 18.5. The molecule has 1 N–H and O–H groups in total. The van der Waals surface area contributed by atoms with Gasteiger partial charge in [0.2, 0.25) is 0 Å². The Bertz CT molecular complexity index is 1290. The summed E-state index contributed by atoms with van der Waals surface area (Å²) in [5.41, 5.74) is 6.84. The normalized spacial score (nSPS) is 12.8. The van der Waals surface area contributed by atoms with Crippen molar-refractivity contribution in [1.82, 2.24) is 14.9 Å². The van der Waals surface area contributed by atoms with Gasteiger partial charge < -0.3 is 14.6 Å². The lowest BCUT2D eigenvalue weighted by molar-refractivity contribution is 0.414. The van der Waals surface area contributed by atoms with Crippen LogP contribution in [0.25, 0.3) is 10.9 Å². The lowest BCUT2D eigenvalue weighted by Gasteiger charge is -2.15. The van der Waals surface area contributed by atoms with E-state index in [1.165, 1.54) is 17.5 Å². The molecule has 0 aliphatic heterocycles. The second kappa shape index (κ2) is 8.97. The minimum atomic E-state index is 0.0601. The number of hydrogen-bond acceptors (Lipinski definition) is 4. The molecule has 2 aromatic carbocycles. The van der Waals surface area contributed by atoms with Crippen molar-refractivity contribution in [3.8, 4) is 5.75 Å². The highest BCUT2D eigenvalue weighted by atomic mass is 16.5. The molecule has 0 saturated heterocycles. The zero-order chi connectivity index (χ0) is 21.9. The van der Waals surface area contributed by atoms with Gasteiger partial charge in [-0.1, -0.05) is 18.2 Å². The van der Waals surface area contributed by atoms with Crippen LogP contribution in [0, 0.1) is 0 Å². The monoisotopic (exact) mass is 425 g/mol. The van der Waals surface area contributed by atoms with Gasteiger partial charge in [0, 0.05) is 31.0 Å². The van der Waals surface area contributed by atoms with Crippen LogP contribution in [-0.4, -0.2) is 16.7 Å². The first-order chi connectivity index (χ1) is 15.7. The summed E-state index contributed by atoms with van der Waals surface area (Å²) in [6.07, 6.45) is 7.02. The molecule has 0 amide bonds. The van der Waals surface area contributed by atoms with Crippen LogP contribution in [0.15, 0.2) is 71.8 Å². The number of rotatable bonds is 7. The zero-order valence-corrected chi connectivity index (χ0v) is 18.3. The van der Waals surface area contributed by atoms with Crippen LogP contribution in [0.2, 0.25) is 0 Å². The maximum absolute atomic E-state index is 13.5. The molecule has 1 aliphatic rings. The van der Waals surface area contributed by atoms with E-state index in [2.05, 4.69) is 28.5 Å². The lowest BCUT2D eigenvalue weighted by Crippen LogP contribution is -2.28. The second-order valence-electron chi connectivity index (χ2n) is 8.41. The van der Waals surface area contributed by atoms with Gasteiger partial charge in [-0.05, 0) is 83.3 Å². The Balaban J connectivity index is 1.51. The molecule has 5 nitrogen and oxygen atoms in total. The molecule has 0 unspecified atom stereocenters. The largest absolute Gasteiger partial charge is 0.497 e. The number of aryl methyl sites for hydroxylation is 2. The number of methoxy groups -OCH3 is 1. The second-order valence-corrected chi connectivity index (χ2v) is 8.41. The van der Waals surface area contributed by atoms with Crippen molar-refractivity contribution < 1.29 is 4.74 Å². The number of benzene rings is 2. The molecule has 0 radical (unpaired) electrons. The molecule has 4 aromatic rings. The van der Waals surface area contributed by atoms with Gasteiger partial charge >= 0.3 is 0 Å². The van der Waals surface area contributed by atoms with Crippen molar-refractivity contribution in [2.45, 2.75) is 38.9 Å². The molecule has 5 heteroatoms. The fraction of sp³-hybridized carbons (Fsp3) is 0.259. The van der Waals surface area contributed by atoms with Gasteiger partial charge in [-0.2, -0.15) is 0 Å². The van der Waals surface area contributed by atoms with Gasteiger partial charge in [-0.3, -0.25) is 9.78 Å².